The van der Waals surface area contributed by atoms with Crippen LogP contribution in [0.25, 0.3) is 0 Å². The summed E-state index contributed by atoms with van der Waals surface area (Å²) in [6.45, 7) is 7.83. The number of nitrogens with one attached hydrogen (secondary N) is 2. The van der Waals surface area contributed by atoms with Crippen LogP contribution in [0.2, 0.25) is 0 Å². The molecular weight excluding hydrogens is 451 g/mol. The van der Waals surface area contributed by atoms with E-state index in [4.69, 9.17) is 9.47 Å². The first kappa shape index (κ1) is 24.5. The Labute approximate surface area is 204 Å². The molecule has 1 fully saturated rings. The largest absolute Gasteiger partial charge is 0.494 e. The van der Waals surface area contributed by atoms with E-state index in [0.29, 0.717) is 24.4 Å². The summed E-state index contributed by atoms with van der Waals surface area (Å²) < 4.78 is 24.1. The number of rotatable bonds is 8. The zero-order chi connectivity index (χ0) is 24.8. The van der Waals surface area contributed by atoms with Gasteiger partial charge in [-0.2, -0.15) is 0 Å². The highest BCUT2D eigenvalue weighted by Gasteiger charge is 2.34. The Hall–Kier alpha value is -3.59. The summed E-state index contributed by atoms with van der Waals surface area (Å²) >= 11 is 0. The molecule has 0 radical (unpaired) electrons. The number of nitrogens with zero attached hydrogens (tertiary/aromatic N) is 2. The van der Waals surface area contributed by atoms with Crippen LogP contribution in [0.1, 0.15) is 25.5 Å². The quantitative estimate of drug-likeness (QED) is 0.563. The number of benzene rings is 2. The van der Waals surface area contributed by atoms with Gasteiger partial charge < -0.3 is 25.0 Å². The van der Waals surface area contributed by atoms with Gasteiger partial charge in [0.15, 0.2) is 0 Å². The summed E-state index contributed by atoms with van der Waals surface area (Å²) in [4.78, 5) is 30.0. The fourth-order valence-electron chi connectivity index (χ4n) is 4.41. The van der Waals surface area contributed by atoms with Gasteiger partial charge in [0.05, 0.1) is 24.8 Å². The van der Waals surface area contributed by atoms with Crippen LogP contribution >= 0.6 is 0 Å². The second-order valence-electron chi connectivity index (χ2n) is 8.39. The minimum absolute atomic E-state index is 0.232. The predicted molar refractivity (Wildman–Crippen MR) is 131 cm³/mol. The molecule has 0 aromatic heterocycles. The molecule has 8 nitrogen and oxygen atoms in total. The molecule has 2 aliphatic rings. The molecule has 2 aromatic carbocycles. The third-order valence-corrected chi connectivity index (χ3v) is 6.12. The molecule has 0 aliphatic carbocycles. The van der Waals surface area contributed by atoms with Crippen LogP contribution in [-0.2, 0) is 9.53 Å². The molecule has 0 bridgehead atoms. The van der Waals surface area contributed by atoms with E-state index in [0.717, 1.165) is 43.2 Å². The van der Waals surface area contributed by atoms with Crippen LogP contribution in [0.15, 0.2) is 59.8 Å². The number of urea groups is 1. The highest BCUT2D eigenvalue weighted by Crippen LogP contribution is 2.30. The number of esters is 1. The topological polar surface area (TPSA) is 83.1 Å². The Kier molecular flexibility index (Phi) is 7.87. The molecule has 2 aliphatic heterocycles. The number of hydrogen-bond donors (Lipinski definition) is 2. The van der Waals surface area contributed by atoms with Crippen LogP contribution < -0.4 is 20.3 Å². The Bertz CT molecular complexity index is 1060. The van der Waals surface area contributed by atoms with Gasteiger partial charge in [-0.05, 0) is 55.8 Å². The van der Waals surface area contributed by atoms with E-state index in [1.54, 1.807) is 19.1 Å². The van der Waals surface area contributed by atoms with E-state index in [1.807, 2.05) is 31.2 Å². The number of ether oxygens (including phenoxy) is 2. The van der Waals surface area contributed by atoms with Gasteiger partial charge in [0, 0.05) is 44.1 Å². The Morgan fingerprint density at radius 2 is 1.69 bits per heavy atom. The summed E-state index contributed by atoms with van der Waals surface area (Å²) in [5.74, 6) is 0.00538. The van der Waals surface area contributed by atoms with Gasteiger partial charge in [-0.25, -0.2) is 14.0 Å². The minimum atomic E-state index is -0.631. The number of anilines is 1. The van der Waals surface area contributed by atoms with Crippen molar-refractivity contribution >= 4 is 17.7 Å². The smallest absolute Gasteiger partial charge is 0.338 e. The summed E-state index contributed by atoms with van der Waals surface area (Å²) in [5, 5.41) is 5.71. The average molecular weight is 483 g/mol. The lowest BCUT2D eigenvalue weighted by molar-refractivity contribution is -0.139. The number of carbonyl (C=O) groups excluding carboxylic acids is 2. The maximum absolute atomic E-state index is 13.3. The minimum Gasteiger partial charge on any atom is -0.494 e. The maximum atomic E-state index is 13.3. The molecule has 4 rings (SSSR count). The van der Waals surface area contributed by atoms with Crippen molar-refractivity contribution < 1.29 is 23.5 Å². The fourth-order valence-corrected chi connectivity index (χ4v) is 4.41. The monoisotopic (exact) mass is 482 g/mol. The highest BCUT2D eigenvalue weighted by molar-refractivity contribution is 5.95. The van der Waals surface area contributed by atoms with Gasteiger partial charge in [0.25, 0.3) is 0 Å². The number of hydrogen-bond acceptors (Lipinski definition) is 6. The van der Waals surface area contributed by atoms with Crippen molar-refractivity contribution in [3.63, 3.8) is 0 Å². The van der Waals surface area contributed by atoms with Gasteiger partial charge in [-0.1, -0.05) is 12.1 Å². The zero-order valence-electron chi connectivity index (χ0n) is 20.1. The van der Waals surface area contributed by atoms with E-state index in [-0.39, 0.29) is 18.5 Å². The first-order valence-corrected chi connectivity index (χ1v) is 11.9. The maximum Gasteiger partial charge on any atom is 0.338 e. The highest BCUT2D eigenvalue weighted by atomic mass is 19.1. The Morgan fingerprint density at radius 3 is 2.31 bits per heavy atom. The summed E-state index contributed by atoms with van der Waals surface area (Å²) in [7, 11) is 0. The first-order valence-electron chi connectivity index (χ1n) is 11.9. The molecule has 2 heterocycles. The molecule has 1 atom stereocenters. The van der Waals surface area contributed by atoms with Gasteiger partial charge in [-0.15, -0.1) is 0 Å². The van der Waals surface area contributed by atoms with Crippen molar-refractivity contribution in [2.45, 2.75) is 19.9 Å². The molecule has 0 spiro atoms. The molecule has 1 saturated heterocycles. The lowest BCUT2D eigenvalue weighted by Gasteiger charge is -2.38. The van der Waals surface area contributed by atoms with Gasteiger partial charge in [0.1, 0.15) is 11.6 Å². The Morgan fingerprint density at radius 1 is 1.00 bits per heavy atom. The molecule has 0 saturated carbocycles. The van der Waals surface area contributed by atoms with E-state index < -0.39 is 12.0 Å². The molecule has 35 heavy (non-hydrogen) atoms. The SMILES string of the molecule is CCOC(=O)C1=C(CN2CCN(c3ccc(F)cc3)CC2)NC(=O)NC1c1ccc(OCC)cc1. The van der Waals surface area contributed by atoms with Gasteiger partial charge >= 0.3 is 12.0 Å². The van der Waals surface area contributed by atoms with Gasteiger partial charge in [-0.3, -0.25) is 4.90 Å². The Balaban J connectivity index is 1.54. The van der Waals surface area contributed by atoms with Crippen LogP contribution in [0.3, 0.4) is 0 Å². The standard InChI is InChI=1S/C26H31FN4O4/c1-3-34-21-11-5-18(6-12-21)24-23(25(32)35-4-2)22(28-26(33)29-24)17-30-13-15-31(16-14-30)20-9-7-19(27)8-10-20/h5-12,24H,3-4,13-17H2,1-2H3,(H2,28,29,33). The molecular formula is C26H31FN4O4. The van der Waals surface area contributed by atoms with Crippen molar-refractivity contribution in [3.05, 3.63) is 71.2 Å². The molecule has 9 heteroatoms. The zero-order valence-corrected chi connectivity index (χ0v) is 20.1. The third kappa shape index (κ3) is 5.92. The van der Waals surface area contributed by atoms with E-state index in [1.165, 1.54) is 12.1 Å². The van der Waals surface area contributed by atoms with Crippen molar-refractivity contribution in [3.8, 4) is 5.75 Å². The van der Waals surface area contributed by atoms with Crippen molar-refractivity contribution in [2.24, 2.45) is 0 Å². The predicted octanol–water partition coefficient (Wildman–Crippen LogP) is 3.22. The van der Waals surface area contributed by atoms with Crippen molar-refractivity contribution in [2.75, 3.05) is 50.8 Å². The van der Waals surface area contributed by atoms with Crippen molar-refractivity contribution in [1.29, 1.82) is 0 Å². The summed E-state index contributed by atoms with van der Waals surface area (Å²) in [6, 6.07) is 12.8. The van der Waals surface area contributed by atoms with Crippen molar-refractivity contribution in [1.82, 2.24) is 15.5 Å². The lowest BCUT2D eigenvalue weighted by Crippen LogP contribution is -2.51. The fraction of sp³-hybridized carbons (Fsp3) is 0.385. The van der Waals surface area contributed by atoms with Gasteiger partial charge in [0.2, 0.25) is 0 Å². The molecule has 2 aromatic rings. The molecule has 2 N–H and O–H groups in total. The third-order valence-electron chi connectivity index (χ3n) is 6.12. The van der Waals surface area contributed by atoms with Crippen LogP contribution in [0.5, 0.6) is 5.75 Å². The second-order valence-corrected chi connectivity index (χ2v) is 8.39. The summed E-state index contributed by atoms with van der Waals surface area (Å²) in [6.07, 6.45) is 0. The number of halogens is 1. The molecule has 186 valence electrons. The number of piperazine rings is 1. The number of amides is 2. The van der Waals surface area contributed by atoms with Crippen LogP contribution in [-0.4, -0.2) is 62.8 Å². The number of carbonyl (C=O) groups is 2. The van der Waals surface area contributed by atoms with E-state index in [2.05, 4.69) is 20.4 Å². The summed E-state index contributed by atoms with van der Waals surface area (Å²) in [5.41, 5.74) is 2.69. The lowest BCUT2D eigenvalue weighted by atomic mass is 9.94. The average Bonchev–Trinajstić information content (AvgIpc) is 2.85. The normalized spacial score (nSPS) is 18.7. The van der Waals surface area contributed by atoms with Crippen LogP contribution in [0.4, 0.5) is 14.9 Å². The molecule has 2 amide bonds. The second kappa shape index (κ2) is 11.2. The van der Waals surface area contributed by atoms with E-state index in [9.17, 15) is 14.0 Å². The molecule has 1 unspecified atom stereocenters. The van der Waals surface area contributed by atoms with Crippen LogP contribution in [0, 0.1) is 5.82 Å². The first-order chi connectivity index (χ1) is 17.0. The van der Waals surface area contributed by atoms with E-state index >= 15 is 0 Å².